The molecule has 0 bridgehead atoms. The van der Waals surface area contributed by atoms with E-state index >= 15 is 0 Å². The lowest BCUT2D eigenvalue weighted by Crippen LogP contribution is -2.65. The summed E-state index contributed by atoms with van der Waals surface area (Å²) < 4.78 is 10.6. The summed E-state index contributed by atoms with van der Waals surface area (Å²) in [6, 6.07) is 12.7. The molecule has 1 atom stereocenters. The van der Waals surface area contributed by atoms with Crippen LogP contribution in [0.2, 0.25) is 0 Å². The molecular formula is C19H20N6O3. The number of anilines is 1. The minimum atomic E-state index is -1.16. The second kappa shape index (κ2) is 6.76. The summed E-state index contributed by atoms with van der Waals surface area (Å²) in [5, 5.41) is 11.4. The summed E-state index contributed by atoms with van der Waals surface area (Å²) in [4.78, 5) is 12.8. The van der Waals surface area contributed by atoms with Crippen molar-refractivity contribution in [1.82, 2.24) is 16.2 Å². The molecule has 2 aliphatic heterocycles. The maximum atomic E-state index is 12.8. The van der Waals surface area contributed by atoms with Crippen LogP contribution in [0.3, 0.4) is 0 Å². The Labute approximate surface area is 161 Å². The van der Waals surface area contributed by atoms with Crippen LogP contribution in [0.4, 0.5) is 5.69 Å². The van der Waals surface area contributed by atoms with Gasteiger partial charge >= 0.3 is 0 Å². The SMILES string of the molecule is COc1ccc(C2=NN[C@@]3(C2)NN=C(c2ccccc2N)NC3=O)cc1OC. The van der Waals surface area contributed by atoms with Gasteiger partial charge in [-0.3, -0.25) is 15.6 Å². The summed E-state index contributed by atoms with van der Waals surface area (Å²) in [6.07, 6.45) is 0.301. The van der Waals surface area contributed by atoms with Gasteiger partial charge in [0.25, 0.3) is 5.91 Å². The van der Waals surface area contributed by atoms with Gasteiger partial charge in [0, 0.05) is 23.2 Å². The molecular weight excluding hydrogens is 360 g/mol. The van der Waals surface area contributed by atoms with E-state index in [1.807, 2.05) is 24.3 Å². The molecule has 4 rings (SSSR count). The standard InChI is InChI=1S/C19H20N6O3/c1-27-15-8-7-11(9-16(15)28-2)14-10-19(24-22-14)18(26)21-17(23-25-19)12-5-3-4-6-13(12)20/h3-9,24-25H,10,20H2,1-2H3,(H,21,23,26)/t19-/m0/s1. The maximum absolute atomic E-state index is 12.8. The van der Waals surface area contributed by atoms with Crippen LogP contribution >= 0.6 is 0 Å². The molecule has 0 aliphatic carbocycles. The number of para-hydroxylation sites is 1. The van der Waals surface area contributed by atoms with Crippen molar-refractivity contribution in [2.24, 2.45) is 10.2 Å². The highest BCUT2D eigenvalue weighted by Gasteiger charge is 2.46. The number of nitrogens with two attached hydrogens (primary N) is 1. The first-order chi connectivity index (χ1) is 13.6. The van der Waals surface area contributed by atoms with Crippen LogP contribution in [0.5, 0.6) is 11.5 Å². The molecule has 2 aromatic carbocycles. The molecule has 28 heavy (non-hydrogen) atoms. The van der Waals surface area contributed by atoms with Gasteiger partial charge < -0.3 is 20.5 Å². The summed E-state index contributed by atoms with van der Waals surface area (Å²) in [5.74, 6) is 1.29. The van der Waals surface area contributed by atoms with Crippen LogP contribution in [-0.4, -0.2) is 37.3 Å². The minimum absolute atomic E-state index is 0.292. The lowest BCUT2D eigenvalue weighted by Gasteiger charge is -2.31. The number of methoxy groups -OCH3 is 2. The summed E-state index contributed by atoms with van der Waals surface area (Å²) >= 11 is 0. The van der Waals surface area contributed by atoms with Gasteiger partial charge in [-0.25, -0.2) is 0 Å². The molecule has 5 N–H and O–H groups in total. The van der Waals surface area contributed by atoms with Gasteiger partial charge in [0.2, 0.25) is 5.66 Å². The van der Waals surface area contributed by atoms with Gasteiger partial charge in [-0.2, -0.15) is 10.2 Å². The highest BCUT2D eigenvalue weighted by molar-refractivity contribution is 6.16. The molecule has 0 radical (unpaired) electrons. The second-order valence-electron chi connectivity index (χ2n) is 6.44. The Morgan fingerprint density at radius 1 is 1.04 bits per heavy atom. The largest absolute Gasteiger partial charge is 0.493 e. The first-order valence-electron chi connectivity index (χ1n) is 8.63. The van der Waals surface area contributed by atoms with Crippen molar-refractivity contribution in [3.8, 4) is 11.5 Å². The molecule has 0 saturated heterocycles. The first kappa shape index (κ1) is 17.7. The third kappa shape index (κ3) is 2.86. The Morgan fingerprint density at radius 2 is 1.79 bits per heavy atom. The summed E-state index contributed by atoms with van der Waals surface area (Å²) in [7, 11) is 3.14. The van der Waals surface area contributed by atoms with Crippen molar-refractivity contribution in [2.75, 3.05) is 20.0 Å². The number of amides is 1. The smallest absolute Gasteiger partial charge is 0.275 e. The fourth-order valence-electron chi connectivity index (χ4n) is 3.16. The average molecular weight is 380 g/mol. The first-order valence-corrected chi connectivity index (χ1v) is 8.63. The Morgan fingerprint density at radius 3 is 2.50 bits per heavy atom. The molecule has 0 saturated carbocycles. The number of nitrogens with one attached hydrogen (secondary N) is 3. The lowest BCUT2D eigenvalue weighted by molar-refractivity contribution is -0.127. The summed E-state index contributed by atoms with van der Waals surface area (Å²) in [5.41, 5.74) is 13.3. The van der Waals surface area contributed by atoms with E-state index in [1.165, 1.54) is 0 Å². The van der Waals surface area contributed by atoms with Crippen LogP contribution in [0.1, 0.15) is 17.5 Å². The predicted molar refractivity (Wildman–Crippen MR) is 105 cm³/mol. The van der Waals surface area contributed by atoms with Gasteiger partial charge in [0.05, 0.1) is 19.9 Å². The number of amidine groups is 1. The van der Waals surface area contributed by atoms with Crippen molar-refractivity contribution in [2.45, 2.75) is 12.1 Å². The number of nitrogens with zero attached hydrogens (tertiary/aromatic N) is 2. The Balaban J connectivity index is 1.56. The minimum Gasteiger partial charge on any atom is -0.493 e. The number of hydrazone groups is 2. The maximum Gasteiger partial charge on any atom is 0.275 e. The lowest BCUT2D eigenvalue weighted by atomic mass is 9.98. The molecule has 2 aromatic rings. The zero-order valence-corrected chi connectivity index (χ0v) is 15.4. The zero-order chi connectivity index (χ0) is 19.7. The molecule has 144 valence electrons. The third-order valence-electron chi connectivity index (χ3n) is 4.73. The molecule has 2 aliphatic rings. The van der Waals surface area contributed by atoms with Crippen molar-refractivity contribution in [3.05, 3.63) is 53.6 Å². The molecule has 1 amide bonds. The van der Waals surface area contributed by atoms with Crippen LogP contribution in [-0.2, 0) is 4.79 Å². The highest BCUT2D eigenvalue weighted by Crippen LogP contribution is 2.30. The van der Waals surface area contributed by atoms with Gasteiger partial charge in [-0.1, -0.05) is 12.1 Å². The van der Waals surface area contributed by atoms with Crippen LogP contribution in [0, 0.1) is 0 Å². The summed E-state index contributed by atoms with van der Waals surface area (Å²) in [6.45, 7) is 0. The molecule has 0 fully saturated rings. The fourth-order valence-corrected chi connectivity index (χ4v) is 3.16. The number of carbonyl (C=O) groups excluding carboxylic acids is 1. The van der Waals surface area contributed by atoms with Crippen LogP contribution < -0.4 is 31.4 Å². The van der Waals surface area contributed by atoms with Crippen molar-refractivity contribution < 1.29 is 14.3 Å². The molecule has 1 spiro atoms. The van der Waals surface area contributed by atoms with Crippen LogP contribution in [0.15, 0.2) is 52.7 Å². The Bertz CT molecular complexity index is 1000. The van der Waals surface area contributed by atoms with E-state index in [0.29, 0.717) is 40.7 Å². The molecule has 0 aromatic heterocycles. The Kier molecular flexibility index (Phi) is 4.26. The van der Waals surface area contributed by atoms with Gasteiger partial charge in [0.1, 0.15) is 0 Å². The van der Waals surface area contributed by atoms with E-state index in [1.54, 1.807) is 32.4 Å². The van der Waals surface area contributed by atoms with E-state index in [-0.39, 0.29) is 5.91 Å². The number of benzene rings is 2. The van der Waals surface area contributed by atoms with Crippen molar-refractivity contribution >= 4 is 23.1 Å². The predicted octanol–water partition coefficient (Wildman–Crippen LogP) is 0.761. The van der Waals surface area contributed by atoms with E-state index in [0.717, 1.165) is 5.56 Å². The number of hydrogen-bond acceptors (Lipinski definition) is 8. The highest BCUT2D eigenvalue weighted by atomic mass is 16.5. The number of carbonyl (C=O) groups is 1. The number of hydrogen-bond donors (Lipinski definition) is 4. The van der Waals surface area contributed by atoms with E-state index in [2.05, 4.69) is 26.4 Å². The molecule has 9 heteroatoms. The van der Waals surface area contributed by atoms with Crippen molar-refractivity contribution in [3.63, 3.8) is 0 Å². The topological polar surface area (TPSA) is 122 Å². The quantitative estimate of drug-likeness (QED) is 0.581. The monoisotopic (exact) mass is 380 g/mol. The van der Waals surface area contributed by atoms with Gasteiger partial charge in [-0.05, 0) is 30.3 Å². The molecule has 0 unspecified atom stereocenters. The van der Waals surface area contributed by atoms with E-state index < -0.39 is 5.66 Å². The van der Waals surface area contributed by atoms with Gasteiger partial charge in [0.15, 0.2) is 17.3 Å². The van der Waals surface area contributed by atoms with E-state index in [4.69, 9.17) is 15.2 Å². The normalized spacial score (nSPS) is 20.6. The molecule has 9 nitrogen and oxygen atoms in total. The Hall–Kier alpha value is -3.75. The number of ether oxygens (including phenoxy) is 2. The third-order valence-corrected chi connectivity index (χ3v) is 4.73. The fraction of sp³-hybridized carbons (Fsp3) is 0.211. The number of rotatable bonds is 4. The average Bonchev–Trinajstić information content (AvgIpc) is 3.15. The van der Waals surface area contributed by atoms with Gasteiger partial charge in [-0.15, -0.1) is 0 Å². The molecule has 2 heterocycles. The van der Waals surface area contributed by atoms with E-state index in [9.17, 15) is 4.79 Å². The second-order valence-corrected chi connectivity index (χ2v) is 6.44. The number of nitrogen functional groups attached to an aromatic ring is 1. The van der Waals surface area contributed by atoms with Crippen molar-refractivity contribution in [1.29, 1.82) is 0 Å². The zero-order valence-electron chi connectivity index (χ0n) is 15.4. The van der Waals surface area contributed by atoms with Crippen LogP contribution in [0.25, 0.3) is 0 Å².